The van der Waals surface area contributed by atoms with Crippen molar-refractivity contribution in [1.29, 1.82) is 0 Å². The summed E-state index contributed by atoms with van der Waals surface area (Å²) in [6.45, 7) is 7.57. The lowest BCUT2D eigenvalue weighted by atomic mass is 9.96. The number of rotatable bonds is 19. The number of aliphatic hydroxyl groups excluding tert-OH is 1. The van der Waals surface area contributed by atoms with E-state index in [4.69, 9.17) is 47.4 Å². The van der Waals surface area contributed by atoms with Gasteiger partial charge < -0.3 is 52.5 Å². The predicted octanol–water partition coefficient (Wildman–Crippen LogP) is 4.20. The van der Waals surface area contributed by atoms with Gasteiger partial charge in [-0.05, 0) is 16.7 Å². The van der Waals surface area contributed by atoms with Crippen LogP contribution in [-0.4, -0.2) is 104 Å². The summed E-state index contributed by atoms with van der Waals surface area (Å²) in [6.07, 6.45) is -10.7. The van der Waals surface area contributed by atoms with E-state index in [9.17, 15) is 19.5 Å². The van der Waals surface area contributed by atoms with Gasteiger partial charge in [0.2, 0.25) is 0 Å². The van der Waals surface area contributed by atoms with Crippen LogP contribution in [0.4, 0.5) is 0 Å². The molecule has 14 heteroatoms. The molecule has 0 aliphatic carbocycles. The number of carbonyl (C=O) groups excluding carboxylic acids is 3. The highest BCUT2D eigenvalue weighted by atomic mass is 16.8. The van der Waals surface area contributed by atoms with Crippen molar-refractivity contribution >= 4 is 17.9 Å². The Hall–Kier alpha value is -4.51. The van der Waals surface area contributed by atoms with Gasteiger partial charge in [0, 0.05) is 20.8 Å². The van der Waals surface area contributed by atoms with Crippen molar-refractivity contribution in [3.8, 4) is 0 Å². The summed E-state index contributed by atoms with van der Waals surface area (Å²) >= 11 is 0. The molecule has 302 valence electrons. The van der Waals surface area contributed by atoms with Crippen molar-refractivity contribution < 1.29 is 66.9 Å². The Morgan fingerprint density at radius 3 is 1.66 bits per heavy atom. The van der Waals surface area contributed by atoms with E-state index < -0.39 is 85.9 Å². The third-order valence-corrected chi connectivity index (χ3v) is 8.92. The number of hydrogen-bond donors (Lipinski definition) is 1. The Balaban J connectivity index is 1.51. The molecule has 2 saturated heterocycles. The van der Waals surface area contributed by atoms with Gasteiger partial charge in [-0.15, -0.1) is 6.58 Å². The van der Waals surface area contributed by atoms with Gasteiger partial charge in [0.05, 0.1) is 33.0 Å². The number of esters is 3. The van der Waals surface area contributed by atoms with E-state index in [2.05, 4.69) is 6.58 Å². The molecule has 2 aliphatic heterocycles. The Morgan fingerprint density at radius 1 is 0.607 bits per heavy atom. The molecule has 10 atom stereocenters. The van der Waals surface area contributed by atoms with Crippen molar-refractivity contribution in [3.63, 3.8) is 0 Å². The monoisotopic (exact) mass is 778 g/mol. The zero-order valence-corrected chi connectivity index (χ0v) is 31.7. The molecule has 3 aromatic rings. The van der Waals surface area contributed by atoms with Crippen molar-refractivity contribution in [3.05, 3.63) is 120 Å². The van der Waals surface area contributed by atoms with E-state index in [-0.39, 0.29) is 33.0 Å². The standard InChI is InChI=1S/C42H50O14/c1-5-21-48-40-37(51-24-32-19-13-8-14-20-32)35(50-23-31-17-11-7-12-18-31)33(25-47-22-30-15-9-6-10-16-30)55-42(40)56-39-38(53-29(4)45)36(52-28(3)44)34(54-41(39)46)26-49-27(2)43/h5-20,33-42,46H,1,21-26H2,2-4H3/t33-,34-,35-,36-,37+,38+,39-,40-,41-,42+/m1/s1. The molecular formula is C42H50O14. The first-order chi connectivity index (χ1) is 27.1. The Labute approximate surface area is 326 Å². The second-order valence-corrected chi connectivity index (χ2v) is 13.3. The molecule has 0 aromatic heterocycles. The first-order valence-electron chi connectivity index (χ1n) is 18.4. The number of ether oxygens (including phenoxy) is 10. The SMILES string of the molecule is C=CCO[C@H]1[C@H](O[C@@H]2[C@@H](OC(C)=O)[C@H](OC(C)=O)[C@@H](COC(C)=O)O[C@H]2O)O[C@H](COCc2ccccc2)[C@@H](OCc2ccccc2)[C@@H]1OCc1ccccc1. The highest BCUT2D eigenvalue weighted by Crippen LogP contribution is 2.35. The average molecular weight is 779 g/mol. The van der Waals surface area contributed by atoms with E-state index in [0.717, 1.165) is 30.5 Å². The van der Waals surface area contributed by atoms with Crippen LogP contribution < -0.4 is 0 Å². The van der Waals surface area contributed by atoms with Gasteiger partial charge in [-0.3, -0.25) is 14.4 Å². The van der Waals surface area contributed by atoms with Gasteiger partial charge in [-0.25, -0.2) is 0 Å². The summed E-state index contributed by atoms with van der Waals surface area (Å²) in [5.74, 6) is -2.16. The van der Waals surface area contributed by atoms with E-state index in [0.29, 0.717) is 0 Å². The molecule has 2 heterocycles. The van der Waals surface area contributed by atoms with E-state index >= 15 is 0 Å². The summed E-state index contributed by atoms with van der Waals surface area (Å²) in [5.41, 5.74) is 2.73. The topological polar surface area (TPSA) is 164 Å². The summed E-state index contributed by atoms with van der Waals surface area (Å²) in [6, 6.07) is 28.8. The second kappa shape index (κ2) is 21.7. The van der Waals surface area contributed by atoms with Crippen LogP contribution in [-0.2, 0) is 81.6 Å². The largest absolute Gasteiger partial charge is 0.463 e. The summed E-state index contributed by atoms with van der Waals surface area (Å²) in [5, 5.41) is 11.4. The first-order valence-corrected chi connectivity index (χ1v) is 18.4. The zero-order chi connectivity index (χ0) is 39.9. The summed E-state index contributed by atoms with van der Waals surface area (Å²) in [7, 11) is 0. The van der Waals surface area contributed by atoms with Gasteiger partial charge in [-0.1, -0.05) is 97.1 Å². The van der Waals surface area contributed by atoms with Crippen molar-refractivity contribution in [2.24, 2.45) is 0 Å². The quantitative estimate of drug-likeness (QED) is 0.105. The number of aliphatic hydroxyl groups is 1. The predicted molar refractivity (Wildman–Crippen MR) is 198 cm³/mol. The van der Waals surface area contributed by atoms with Crippen LogP contribution in [0, 0.1) is 0 Å². The Kier molecular flexibility index (Phi) is 16.5. The highest BCUT2D eigenvalue weighted by molar-refractivity contribution is 5.68. The molecule has 0 saturated carbocycles. The normalized spacial score (nSPS) is 27.5. The van der Waals surface area contributed by atoms with Crippen LogP contribution in [0.25, 0.3) is 0 Å². The minimum absolute atomic E-state index is 0.0191. The third kappa shape index (κ3) is 12.5. The van der Waals surface area contributed by atoms with Gasteiger partial charge in [0.25, 0.3) is 0 Å². The second-order valence-electron chi connectivity index (χ2n) is 13.3. The lowest BCUT2D eigenvalue weighted by Crippen LogP contribution is -2.66. The van der Waals surface area contributed by atoms with Crippen molar-refractivity contribution in [2.45, 2.75) is 102 Å². The minimum atomic E-state index is -1.79. The van der Waals surface area contributed by atoms with Gasteiger partial charge >= 0.3 is 17.9 Å². The molecule has 1 N–H and O–H groups in total. The smallest absolute Gasteiger partial charge is 0.303 e. The molecule has 0 bridgehead atoms. The van der Waals surface area contributed by atoms with E-state index in [1.54, 1.807) is 6.08 Å². The lowest BCUT2D eigenvalue weighted by Gasteiger charge is -2.49. The molecule has 14 nitrogen and oxygen atoms in total. The average Bonchev–Trinajstić information content (AvgIpc) is 3.18. The lowest BCUT2D eigenvalue weighted by molar-refractivity contribution is -0.372. The maximum absolute atomic E-state index is 12.5. The number of benzene rings is 3. The van der Waals surface area contributed by atoms with Crippen LogP contribution in [0.1, 0.15) is 37.5 Å². The van der Waals surface area contributed by atoms with Gasteiger partial charge in [0.1, 0.15) is 37.1 Å². The fraction of sp³-hybridized carbons (Fsp3) is 0.452. The maximum atomic E-state index is 12.5. The van der Waals surface area contributed by atoms with E-state index in [1.165, 1.54) is 6.92 Å². The van der Waals surface area contributed by atoms with Crippen LogP contribution in [0.15, 0.2) is 104 Å². The fourth-order valence-corrected chi connectivity index (χ4v) is 6.46. The third-order valence-electron chi connectivity index (χ3n) is 8.92. The van der Waals surface area contributed by atoms with Crippen molar-refractivity contribution in [1.82, 2.24) is 0 Å². The molecular weight excluding hydrogens is 728 g/mol. The number of hydrogen-bond acceptors (Lipinski definition) is 14. The molecule has 0 spiro atoms. The molecule has 2 aliphatic rings. The molecule has 2 fully saturated rings. The molecule has 56 heavy (non-hydrogen) atoms. The van der Waals surface area contributed by atoms with E-state index in [1.807, 2.05) is 91.0 Å². The molecule has 0 radical (unpaired) electrons. The maximum Gasteiger partial charge on any atom is 0.303 e. The van der Waals surface area contributed by atoms with Crippen LogP contribution in [0.3, 0.4) is 0 Å². The van der Waals surface area contributed by atoms with Crippen molar-refractivity contribution in [2.75, 3.05) is 19.8 Å². The first kappa shape index (κ1) is 42.6. The van der Waals surface area contributed by atoms with Crippen LogP contribution in [0.2, 0.25) is 0 Å². The number of carbonyl (C=O) groups is 3. The summed E-state index contributed by atoms with van der Waals surface area (Å²) < 4.78 is 61.1. The van der Waals surface area contributed by atoms with Gasteiger partial charge in [-0.2, -0.15) is 0 Å². The minimum Gasteiger partial charge on any atom is -0.463 e. The van der Waals surface area contributed by atoms with Crippen LogP contribution >= 0.6 is 0 Å². The Morgan fingerprint density at radius 2 is 1.12 bits per heavy atom. The molecule has 5 rings (SSSR count). The molecule has 0 amide bonds. The molecule has 0 unspecified atom stereocenters. The molecule has 3 aromatic carbocycles. The van der Waals surface area contributed by atoms with Gasteiger partial charge in [0.15, 0.2) is 30.9 Å². The highest BCUT2D eigenvalue weighted by Gasteiger charge is 2.55. The fourth-order valence-electron chi connectivity index (χ4n) is 6.46. The summed E-state index contributed by atoms with van der Waals surface area (Å²) in [4.78, 5) is 36.5. The van der Waals surface area contributed by atoms with Crippen LogP contribution in [0.5, 0.6) is 0 Å². The zero-order valence-electron chi connectivity index (χ0n) is 31.7. The Bertz CT molecular complexity index is 1660.